The molecule has 194 valence electrons. The molecule has 2 aliphatic rings. The Kier molecular flexibility index (Phi) is 7.85. The molecule has 0 spiro atoms. The number of hydrogen-bond donors (Lipinski definition) is 0. The van der Waals surface area contributed by atoms with Crippen molar-refractivity contribution in [3.8, 4) is 12.1 Å². The number of likely N-dealkylation sites (tertiary alicyclic amines) is 1. The highest BCUT2D eigenvalue weighted by atomic mass is 79.9. The van der Waals surface area contributed by atoms with Crippen LogP contribution in [0.1, 0.15) is 39.2 Å². The van der Waals surface area contributed by atoms with Crippen molar-refractivity contribution in [2.24, 2.45) is 0 Å². The lowest BCUT2D eigenvalue weighted by Crippen LogP contribution is -2.50. The van der Waals surface area contributed by atoms with Crippen LogP contribution >= 0.6 is 15.9 Å². The smallest absolute Gasteiger partial charge is 0.410 e. The van der Waals surface area contributed by atoms with Gasteiger partial charge in [-0.2, -0.15) is 15.2 Å². The molecule has 4 rings (SSSR count). The zero-order valence-electron chi connectivity index (χ0n) is 21.2. The first-order valence-electron chi connectivity index (χ1n) is 12.2. The second kappa shape index (κ2) is 10.7. The summed E-state index contributed by atoms with van der Waals surface area (Å²) in [7, 11) is 2.06. The summed E-state index contributed by atoms with van der Waals surface area (Å²) in [5, 5.41) is 9.73. The Morgan fingerprint density at radius 1 is 1.25 bits per heavy atom. The molecular weight excluding hydrogens is 531 g/mol. The Bertz CT molecular complexity index is 1170. The molecule has 2 aliphatic heterocycles. The number of nitrogens with zero attached hydrogens (tertiary/aromatic N) is 6. The molecule has 1 amide bonds. The van der Waals surface area contributed by atoms with Gasteiger partial charge >= 0.3 is 12.1 Å². The Morgan fingerprint density at radius 2 is 1.97 bits per heavy atom. The predicted octanol–water partition coefficient (Wildman–Crippen LogP) is 4.13. The standard InChI is InChI=1S/C25H32BrFN6O3/c1-25(2,3)36-24(34)33-12-10-32(11-13-33)22-18-14-16(7-8-28)19(26)20(27)21(18)29-23(30-22)35-15-17-6-5-9-31(17)4/h14,17H,5-7,9-13,15H2,1-4H3. The molecule has 0 bridgehead atoms. The number of fused-ring (bicyclic) bond motifs is 1. The van der Waals surface area contributed by atoms with Gasteiger partial charge in [-0.1, -0.05) is 0 Å². The molecule has 9 nitrogen and oxygen atoms in total. The van der Waals surface area contributed by atoms with E-state index in [-0.39, 0.29) is 34.6 Å². The summed E-state index contributed by atoms with van der Waals surface area (Å²) in [6.07, 6.45) is 1.83. The van der Waals surface area contributed by atoms with Gasteiger partial charge in [0, 0.05) is 37.6 Å². The Hall–Kier alpha value is -2.71. The van der Waals surface area contributed by atoms with Crippen LogP contribution < -0.4 is 9.64 Å². The number of anilines is 1. The van der Waals surface area contributed by atoms with E-state index < -0.39 is 11.4 Å². The van der Waals surface area contributed by atoms with Crippen LogP contribution in [0.4, 0.5) is 15.0 Å². The lowest BCUT2D eigenvalue weighted by molar-refractivity contribution is 0.0240. The maximum Gasteiger partial charge on any atom is 0.410 e. The number of benzene rings is 1. The molecule has 0 N–H and O–H groups in total. The number of piperazine rings is 1. The Balaban J connectivity index is 1.64. The monoisotopic (exact) mass is 562 g/mol. The van der Waals surface area contributed by atoms with Gasteiger partial charge in [-0.25, -0.2) is 9.18 Å². The molecule has 1 atom stereocenters. The van der Waals surface area contributed by atoms with Gasteiger partial charge in [0.05, 0.1) is 17.0 Å². The van der Waals surface area contributed by atoms with Crippen molar-refractivity contribution in [3.05, 3.63) is 21.9 Å². The van der Waals surface area contributed by atoms with E-state index in [1.165, 1.54) is 0 Å². The van der Waals surface area contributed by atoms with Crippen LogP contribution in [-0.2, 0) is 11.2 Å². The van der Waals surface area contributed by atoms with Crippen molar-refractivity contribution in [2.45, 2.75) is 51.7 Å². The van der Waals surface area contributed by atoms with Gasteiger partial charge < -0.3 is 24.2 Å². The first-order valence-corrected chi connectivity index (χ1v) is 13.0. The van der Waals surface area contributed by atoms with Crippen molar-refractivity contribution in [1.29, 1.82) is 5.26 Å². The Labute approximate surface area is 219 Å². The third kappa shape index (κ3) is 5.81. The summed E-state index contributed by atoms with van der Waals surface area (Å²) in [6, 6.07) is 4.22. The first kappa shape index (κ1) is 26.4. The van der Waals surface area contributed by atoms with Gasteiger partial charge in [0.25, 0.3) is 0 Å². The van der Waals surface area contributed by atoms with Gasteiger partial charge in [-0.05, 0) is 74.8 Å². The van der Waals surface area contributed by atoms with E-state index in [0.717, 1.165) is 19.4 Å². The maximum absolute atomic E-state index is 15.4. The first-order chi connectivity index (χ1) is 17.1. The largest absolute Gasteiger partial charge is 0.462 e. The molecule has 1 aromatic heterocycles. The van der Waals surface area contributed by atoms with E-state index in [1.807, 2.05) is 25.7 Å². The van der Waals surface area contributed by atoms with Gasteiger partial charge in [0.1, 0.15) is 23.5 Å². The zero-order chi connectivity index (χ0) is 26.0. The van der Waals surface area contributed by atoms with Crippen LogP contribution in [0.25, 0.3) is 10.9 Å². The molecule has 1 unspecified atom stereocenters. The highest BCUT2D eigenvalue weighted by Gasteiger charge is 2.29. The maximum atomic E-state index is 15.4. The fourth-order valence-electron chi connectivity index (χ4n) is 4.53. The molecule has 0 radical (unpaired) electrons. The van der Waals surface area contributed by atoms with Gasteiger partial charge in [0.2, 0.25) is 0 Å². The van der Waals surface area contributed by atoms with Crippen LogP contribution in [0.15, 0.2) is 10.5 Å². The van der Waals surface area contributed by atoms with E-state index in [1.54, 1.807) is 11.0 Å². The van der Waals surface area contributed by atoms with E-state index in [9.17, 15) is 10.1 Å². The van der Waals surface area contributed by atoms with Crippen LogP contribution in [0.2, 0.25) is 0 Å². The number of carbonyl (C=O) groups is 1. The molecule has 2 saturated heterocycles. The minimum absolute atomic E-state index is 0.0472. The van der Waals surface area contributed by atoms with Crippen molar-refractivity contribution < 1.29 is 18.7 Å². The lowest BCUT2D eigenvalue weighted by Gasteiger charge is -2.36. The van der Waals surface area contributed by atoms with Crippen LogP contribution in [0.5, 0.6) is 6.01 Å². The minimum Gasteiger partial charge on any atom is -0.462 e. The number of amides is 1. The molecule has 3 heterocycles. The van der Waals surface area contributed by atoms with Crippen molar-refractivity contribution in [2.75, 3.05) is 51.3 Å². The normalized spacial score (nSPS) is 19.0. The zero-order valence-corrected chi connectivity index (χ0v) is 22.8. The number of aromatic nitrogens is 2. The molecule has 0 saturated carbocycles. The van der Waals surface area contributed by atoms with Gasteiger partial charge in [0.15, 0.2) is 5.82 Å². The van der Waals surface area contributed by atoms with Gasteiger partial charge in [-0.15, -0.1) is 0 Å². The summed E-state index contributed by atoms with van der Waals surface area (Å²) in [4.78, 5) is 27.5. The van der Waals surface area contributed by atoms with Crippen LogP contribution in [-0.4, -0.2) is 83.9 Å². The summed E-state index contributed by atoms with van der Waals surface area (Å²) < 4.78 is 27.1. The number of carbonyl (C=O) groups excluding carboxylic acids is 1. The molecule has 11 heteroatoms. The second-order valence-corrected chi connectivity index (χ2v) is 11.1. The van der Waals surface area contributed by atoms with Crippen molar-refractivity contribution in [1.82, 2.24) is 19.8 Å². The van der Waals surface area contributed by atoms with E-state index in [4.69, 9.17) is 9.47 Å². The average molecular weight is 563 g/mol. The number of hydrogen-bond acceptors (Lipinski definition) is 8. The van der Waals surface area contributed by atoms with Crippen LogP contribution in [0.3, 0.4) is 0 Å². The Morgan fingerprint density at radius 3 is 2.58 bits per heavy atom. The molecule has 36 heavy (non-hydrogen) atoms. The highest BCUT2D eigenvalue weighted by molar-refractivity contribution is 9.10. The fraction of sp³-hybridized carbons (Fsp3) is 0.600. The quantitative estimate of drug-likeness (QED) is 0.536. The van der Waals surface area contributed by atoms with Gasteiger partial charge in [-0.3, -0.25) is 0 Å². The SMILES string of the molecule is CN1CCCC1COc1nc(N2CCN(C(=O)OC(C)(C)C)CC2)c2cc(CC#N)c(Br)c(F)c2n1. The third-order valence-electron chi connectivity index (χ3n) is 6.48. The molecule has 2 aromatic rings. The number of likely N-dealkylation sites (N-methyl/N-ethyl adjacent to an activating group) is 1. The number of rotatable bonds is 5. The van der Waals surface area contributed by atoms with E-state index in [2.05, 4.69) is 43.9 Å². The summed E-state index contributed by atoms with van der Waals surface area (Å²) >= 11 is 3.29. The lowest BCUT2D eigenvalue weighted by atomic mass is 10.1. The summed E-state index contributed by atoms with van der Waals surface area (Å²) in [5.74, 6) is -0.0131. The summed E-state index contributed by atoms with van der Waals surface area (Å²) in [6.45, 7) is 8.80. The molecule has 2 fully saturated rings. The second-order valence-electron chi connectivity index (χ2n) is 10.3. The van der Waals surface area contributed by atoms with E-state index in [0.29, 0.717) is 49.6 Å². The fourth-order valence-corrected chi connectivity index (χ4v) is 4.97. The van der Waals surface area contributed by atoms with E-state index >= 15 is 4.39 Å². The molecular formula is C25H32BrFN6O3. The summed E-state index contributed by atoms with van der Waals surface area (Å²) in [5.41, 5.74) is 0.0950. The van der Waals surface area contributed by atoms with Crippen molar-refractivity contribution >= 4 is 38.7 Å². The number of halogens is 2. The topological polar surface area (TPSA) is 94.8 Å². The number of nitriles is 1. The van der Waals surface area contributed by atoms with Crippen LogP contribution in [0, 0.1) is 17.1 Å². The number of ether oxygens (including phenoxy) is 2. The molecule has 1 aromatic carbocycles. The molecule has 0 aliphatic carbocycles. The third-order valence-corrected chi connectivity index (χ3v) is 7.34. The average Bonchev–Trinajstić information content (AvgIpc) is 3.24. The van der Waals surface area contributed by atoms with Crippen molar-refractivity contribution in [3.63, 3.8) is 0 Å². The highest BCUT2D eigenvalue weighted by Crippen LogP contribution is 2.35. The predicted molar refractivity (Wildman–Crippen MR) is 138 cm³/mol. The minimum atomic E-state index is -0.571.